The maximum atomic E-state index is 12.7. The van der Waals surface area contributed by atoms with Crippen molar-refractivity contribution in [2.75, 3.05) is 11.4 Å². The van der Waals surface area contributed by atoms with Crippen LogP contribution in [0.1, 0.15) is 25.8 Å². The first kappa shape index (κ1) is 15.3. The minimum atomic E-state index is -0.842. The molecule has 0 spiro atoms. The van der Waals surface area contributed by atoms with E-state index in [1.54, 1.807) is 24.9 Å². The molecule has 120 valence electrons. The van der Waals surface area contributed by atoms with Crippen LogP contribution in [0, 0.1) is 0 Å². The molecular formula is C17H20N4O2. The fourth-order valence-electron chi connectivity index (χ4n) is 2.89. The Kier molecular flexibility index (Phi) is 3.90. The Morgan fingerprint density at radius 2 is 1.91 bits per heavy atom. The van der Waals surface area contributed by atoms with Gasteiger partial charge in [0.05, 0.1) is 11.9 Å². The number of hydrogen-bond acceptors (Lipinski definition) is 3. The van der Waals surface area contributed by atoms with Gasteiger partial charge in [0.1, 0.15) is 5.54 Å². The minimum Gasteiger partial charge on any atom is -0.310 e. The Balaban J connectivity index is 1.71. The summed E-state index contributed by atoms with van der Waals surface area (Å²) in [4.78, 5) is 28.1. The number of aryl methyl sites for hydroxylation is 1. The van der Waals surface area contributed by atoms with Gasteiger partial charge in [0, 0.05) is 12.7 Å². The van der Waals surface area contributed by atoms with Crippen molar-refractivity contribution >= 4 is 17.6 Å². The van der Waals surface area contributed by atoms with Crippen molar-refractivity contribution in [3.8, 4) is 0 Å². The smallest absolute Gasteiger partial charge is 0.310 e. The summed E-state index contributed by atoms with van der Waals surface area (Å²) >= 11 is 0. The number of aromatic nitrogens is 2. The molecule has 1 saturated heterocycles. The van der Waals surface area contributed by atoms with Gasteiger partial charge in [-0.2, -0.15) is 5.10 Å². The summed E-state index contributed by atoms with van der Waals surface area (Å²) < 4.78 is 0. The average molecular weight is 312 g/mol. The molecule has 1 aliphatic heterocycles. The standard InChI is InChI=1S/C17H20N4O2/c1-17(2)15(22)21(14-11-18-19-12-14)16(23)20(17)10-6-9-13-7-4-3-5-8-13/h3-5,7-8,11-12H,6,9-10H2,1-2H3,(H,18,19). The van der Waals surface area contributed by atoms with E-state index in [0.29, 0.717) is 12.2 Å². The molecule has 23 heavy (non-hydrogen) atoms. The van der Waals surface area contributed by atoms with Crippen LogP contribution in [-0.2, 0) is 11.2 Å². The highest BCUT2D eigenvalue weighted by atomic mass is 16.2. The fraction of sp³-hybridized carbons (Fsp3) is 0.353. The quantitative estimate of drug-likeness (QED) is 0.863. The zero-order chi connectivity index (χ0) is 16.4. The molecule has 1 fully saturated rings. The molecule has 2 heterocycles. The molecule has 0 radical (unpaired) electrons. The van der Waals surface area contributed by atoms with E-state index in [4.69, 9.17) is 0 Å². The van der Waals surface area contributed by atoms with Crippen LogP contribution in [0.25, 0.3) is 0 Å². The highest BCUT2D eigenvalue weighted by Crippen LogP contribution is 2.31. The normalized spacial score (nSPS) is 17.1. The van der Waals surface area contributed by atoms with Gasteiger partial charge in [-0.25, -0.2) is 9.69 Å². The SMILES string of the molecule is CC1(C)C(=O)N(c2cn[nH]c2)C(=O)N1CCCc1ccccc1. The van der Waals surface area contributed by atoms with Crippen molar-refractivity contribution in [1.82, 2.24) is 15.1 Å². The lowest BCUT2D eigenvalue weighted by molar-refractivity contribution is -0.123. The van der Waals surface area contributed by atoms with Crippen LogP contribution in [0.4, 0.5) is 10.5 Å². The van der Waals surface area contributed by atoms with Crippen molar-refractivity contribution in [2.45, 2.75) is 32.2 Å². The van der Waals surface area contributed by atoms with Crippen molar-refractivity contribution in [1.29, 1.82) is 0 Å². The molecule has 0 aliphatic carbocycles. The third-order valence-corrected chi connectivity index (χ3v) is 4.26. The lowest BCUT2D eigenvalue weighted by atomic mass is 10.0. The van der Waals surface area contributed by atoms with E-state index in [2.05, 4.69) is 22.3 Å². The molecule has 1 aromatic heterocycles. The summed E-state index contributed by atoms with van der Waals surface area (Å²) in [5, 5.41) is 6.46. The van der Waals surface area contributed by atoms with Gasteiger partial charge < -0.3 is 4.90 Å². The fourth-order valence-corrected chi connectivity index (χ4v) is 2.89. The predicted molar refractivity (Wildman–Crippen MR) is 87.0 cm³/mol. The monoisotopic (exact) mass is 312 g/mol. The topological polar surface area (TPSA) is 69.3 Å². The van der Waals surface area contributed by atoms with Crippen LogP contribution in [0.15, 0.2) is 42.7 Å². The predicted octanol–water partition coefficient (Wildman–Crippen LogP) is 2.59. The summed E-state index contributed by atoms with van der Waals surface area (Å²) in [7, 11) is 0. The van der Waals surface area contributed by atoms with Crippen LogP contribution in [0.2, 0.25) is 0 Å². The van der Waals surface area contributed by atoms with Gasteiger partial charge >= 0.3 is 6.03 Å². The molecular weight excluding hydrogens is 292 g/mol. The Hall–Kier alpha value is -2.63. The van der Waals surface area contributed by atoms with Crippen LogP contribution in [0.3, 0.4) is 0 Å². The molecule has 2 aromatic rings. The number of benzene rings is 1. The zero-order valence-electron chi connectivity index (χ0n) is 13.3. The van der Waals surface area contributed by atoms with E-state index in [0.717, 1.165) is 12.8 Å². The molecule has 3 amide bonds. The number of nitrogens with zero attached hydrogens (tertiary/aromatic N) is 3. The summed E-state index contributed by atoms with van der Waals surface area (Å²) in [5.74, 6) is -0.219. The first-order valence-electron chi connectivity index (χ1n) is 7.70. The summed E-state index contributed by atoms with van der Waals surface area (Å²) in [5.41, 5.74) is 0.874. The lowest BCUT2D eigenvalue weighted by Gasteiger charge is -2.27. The van der Waals surface area contributed by atoms with Crippen molar-refractivity contribution < 1.29 is 9.59 Å². The van der Waals surface area contributed by atoms with Gasteiger partial charge in [-0.3, -0.25) is 9.89 Å². The molecule has 6 nitrogen and oxygen atoms in total. The Morgan fingerprint density at radius 1 is 1.17 bits per heavy atom. The maximum Gasteiger partial charge on any atom is 0.332 e. The molecule has 0 saturated carbocycles. The number of H-pyrrole nitrogens is 1. The number of anilines is 1. The van der Waals surface area contributed by atoms with Gasteiger partial charge in [-0.05, 0) is 32.3 Å². The summed E-state index contributed by atoms with van der Waals surface area (Å²) in [6, 6.07) is 9.85. The van der Waals surface area contributed by atoms with E-state index in [1.807, 2.05) is 18.2 Å². The number of hydrogen-bond donors (Lipinski definition) is 1. The largest absolute Gasteiger partial charge is 0.332 e. The third-order valence-electron chi connectivity index (χ3n) is 4.26. The van der Waals surface area contributed by atoms with Crippen molar-refractivity contribution in [3.63, 3.8) is 0 Å². The van der Waals surface area contributed by atoms with Gasteiger partial charge in [0.15, 0.2) is 0 Å². The van der Waals surface area contributed by atoms with Crippen molar-refractivity contribution in [3.05, 3.63) is 48.3 Å². The minimum absolute atomic E-state index is 0.219. The van der Waals surface area contributed by atoms with E-state index < -0.39 is 5.54 Å². The maximum absolute atomic E-state index is 12.7. The Morgan fingerprint density at radius 3 is 2.57 bits per heavy atom. The second-order valence-corrected chi connectivity index (χ2v) is 6.18. The Labute approximate surface area is 135 Å². The van der Waals surface area contributed by atoms with Gasteiger partial charge in [-0.15, -0.1) is 0 Å². The van der Waals surface area contributed by atoms with E-state index in [-0.39, 0.29) is 11.9 Å². The third kappa shape index (κ3) is 2.72. The highest BCUT2D eigenvalue weighted by Gasteiger charge is 2.51. The van der Waals surface area contributed by atoms with Gasteiger partial charge in [0.25, 0.3) is 5.91 Å². The average Bonchev–Trinajstić information content (AvgIpc) is 3.10. The van der Waals surface area contributed by atoms with Crippen LogP contribution >= 0.6 is 0 Å². The second kappa shape index (κ2) is 5.87. The molecule has 1 N–H and O–H groups in total. The second-order valence-electron chi connectivity index (χ2n) is 6.18. The summed E-state index contributed by atoms with van der Waals surface area (Å²) in [6.45, 7) is 4.12. The van der Waals surface area contributed by atoms with Crippen LogP contribution in [-0.4, -0.2) is 39.1 Å². The van der Waals surface area contributed by atoms with Gasteiger partial charge in [0.2, 0.25) is 0 Å². The van der Waals surface area contributed by atoms with E-state index >= 15 is 0 Å². The number of carbonyl (C=O) groups excluding carboxylic acids is 2. The Bertz CT molecular complexity index is 695. The first-order valence-corrected chi connectivity index (χ1v) is 7.70. The molecule has 0 bridgehead atoms. The van der Waals surface area contributed by atoms with E-state index in [1.165, 1.54) is 16.7 Å². The number of imide groups is 1. The number of urea groups is 1. The lowest BCUT2D eigenvalue weighted by Crippen LogP contribution is -2.44. The van der Waals surface area contributed by atoms with Crippen molar-refractivity contribution in [2.24, 2.45) is 0 Å². The molecule has 0 unspecified atom stereocenters. The first-order chi connectivity index (χ1) is 11.0. The molecule has 1 aromatic carbocycles. The number of carbonyl (C=O) groups is 2. The molecule has 1 aliphatic rings. The number of amides is 3. The van der Waals surface area contributed by atoms with Crippen LogP contribution < -0.4 is 4.90 Å². The number of nitrogens with one attached hydrogen (secondary N) is 1. The molecule has 3 rings (SSSR count). The molecule has 0 atom stereocenters. The van der Waals surface area contributed by atoms with Gasteiger partial charge in [-0.1, -0.05) is 30.3 Å². The number of rotatable bonds is 5. The van der Waals surface area contributed by atoms with Crippen LogP contribution in [0.5, 0.6) is 0 Å². The molecule has 6 heteroatoms. The highest BCUT2D eigenvalue weighted by molar-refractivity contribution is 6.22. The zero-order valence-corrected chi connectivity index (χ0v) is 13.3. The van der Waals surface area contributed by atoms with E-state index in [9.17, 15) is 9.59 Å². The number of aromatic amines is 1. The summed E-state index contributed by atoms with van der Waals surface area (Å²) in [6.07, 6.45) is 4.73.